The number of carbonyl (C=O) groups is 2. The highest BCUT2D eigenvalue weighted by Gasteiger charge is 2.33. The van der Waals surface area contributed by atoms with Gasteiger partial charge in [-0.25, -0.2) is 0 Å². The van der Waals surface area contributed by atoms with Crippen LogP contribution in [0.3, 0.4) is 0 Å². The first kappa shape index (κ1) is 19.3. The lowest BCUT2D eigenvalue weighted by Gasteiger charge is -2.14. The molecule has 0 bridgehead atoms. The van der Waals surface area contributed by atoms with E-state index in [9.17, 15) is 22.8 Å². The van der Waals surface area contributed by atoms with E-state index in [2.05, 4.69) is 10.6 Å². The number of alkyl halides is 3. The molecule has 0 aliphatic heterocycles. The molecule has 138 valence electrons. The van der Waals surface area contributed by atoms with Crippen LogP contribution in [0.1, 0.15) is 12.0 Å². The summed E-state index contributed by atoms with van der Waals surface area (Å²) in [4.78, 5) is 25.7. The van der Waals surface area contributed by atoms with Crippen LogP contribution in [0, 0.1) is 0 Å². The molecule has 0 saturated heterocycles. The number of nitrogens with one attached hydrogen (secondary N) is 2. The summed E-state index contributed by atoms with van der Waals surface area (Å²) in [6, 6.07) is 11.5. The molecular formula is C18H18F3N3O2. The van der Waals surface area contributed by atoms with Crippen molar-refractivity contribution >= 4 is 28.9 Å². The van der Waals surface area contributed by atoms with Crippen molar-refractivity contribution in [1.29, 1.82) is 0 Å². The number of anilines is 3. The van der Waals surface area contributed by atoms with E-state index in [-0.39, 0.29) is 5.69 Å². The summed E-state index contributed by atoms with van der Waals surface area (Å²) in [5, 5.41) is 4.66. The van der Waals surface area contributed by atoms with Crippen molar-refractivity contribution in [2.45, 2.75) is 12.6 Å². The van der Waals surface area contributed by atoms with Crippen molar-refractivity contribution in [3.63, 3.8) is 0 Å². The number of para-hydroxylation sites is 1. The topological polar surface area (TPSA) is 61.4 Å². The van der Waals surface area contributed by atoms with Gasteiger partial charge in [-0.15, -0.1) is 0 Å². The predicted octanol–water partition coefficient (Wildman–Crippen LogP) is 3.74. The van der Waals surface area contributed by atoms with E-state index in [1.54, 1.807) is 24.3 Å². The number of amides is 2. The minimum Gasteiger partial charge on any atom is -0.378 e. The minimum atomic E-state index is -4.60. The number of benzene rings is 2. The number of hydrogen-bond donors (Lipinski definition) is 2. The lowest BCUT2D eigenvalue weighted by molar-refractivity contribution is -0.137. The summed E-state index contributed by atoms with van der Waals surface area (Å²) in [6.45, 7) is 0. The first-order chi connectivity index (χ1) is 12.2. The van der Waals surface area contributed by atoms with Crippen LogP contribution in [0.4, 0.5) is 30.2 Å². The zero-order chi connectivity index (χ0) is 19.3. The molecule has 2 aromatic rings. The van der Waals surface area contributed by atoms with E-state index in [1.165, 1.54) is 12.1 Å². The fourth-order valence-electron chi connectivity index (χ4n) is 2.23. The first-order valence-corrected chi connectivity index (χ1v) is 7.70. The smallest absolute Gasteiger partial charge is 0.378 e. The highest BCUT2D eigenvalue weighted by atomic mass is 19.4. The molecule has 0 radical (unpaired) electrons. The van der Waals surface area contributed by atoms with Crippen LogP contribution in [-0.4, -0.2) is 25.9 Å². The summed E-state index contributed by atoms with van der Waals surface area (Å²) < 4.78 is 38.7. The van der Waals surface area contributed by atoms with Crippen LogP contribution in [0.5, 0.6) is 0 Å². The van der Waals surface area contributed by atoms with Gasteiger partial charge in [0.1, 0.15) is 6.42 Å². The number of nitrogens with zero attached hydrogens (tertiary/aromatic N) is 1. The predicted molar refractivity (Wildman–Crippen MR) is 94.1 cm³/mol. The molecule has 2 amide bonds. The van der Waals surface area contributed by atoms with Gasteiger partial charge in [0.05, 0.1) is 11.3 Å². The Morgan fingerprint density at radius 1 is 0.923 bits per heavy atom. The molecule has 0 aliphatic carbocycles. The molecular weight excluding hydrogens is 347 g/mol. The second kappa shape index (κ2) is 7.90. The molecule has 2 aromatic carbocycles. The molecule has 5 nitrogen and oxygen atoms in total. The zero-order valence-corrected chi connectivity index (χ0v) is 14.2. The summed E-state index contributed by atoms with van der Waals surface area (Å²) in [5.41, 5.74) is 0.0785. The highest BCUT2D eigenvalue weighted by molar-refractivity contribution is 6.08. The standard InChI is InChI=1S/C18H18F3N3O2/c1-24(2)13-9-7-12(8-10-13)22-16(25)11-17(26)23-15-6-4-3-5-14(15)18(19,20)21/h3-10H,11H2,1-2H3,(H,22,25)(H,23,26). The minimum absolute atomic E-state index is 0.381. The Labute approximate surface area is 148 Å². The van der Waals surface area contributed by atoms with Crippen molar-refractivity contribution in [2.75, 3.05) is 29.6 Å². The molecule has 0 aromatic heterocycles. The average Bonchev–Trinajstić information content (AvgIpc) is 2.54. The van der Waals surface area contributed by atoms with Crippen LogP contribution in [0.2, 0.25) is 0 Å². The average molecular weight is 365 g/mol. The van der Waals surface area contributed by atoms with Gasteiger partial charge in [0.25, 0.3) is 0 Å². The molecule has 2 rings (SSSR count). The number of rotatable bonds is 5. The molecule has 2 N–H and O–H groups in total. The molecule has 8 heteroatoms. The lowest BCUT2D eigenvalue weighted by atomic mass is 10.1. The fraction of sp³-hybridized carbons (Fsp3) is 0.222. The second-order valence-electron chi connectivity index (χ2n) is 5.76. The van der Waals surface area contributed by atoms with Gasteiger partial charge in [0.15, 0.2) is 0 Å². The van der Waals surface area contributed by atoms with Crippen molar-refractivity contribution in [3.8, 4) is 0 Å². The first-order valence-electron chi connectivity index (χ1n) is 7.70. The Morgan fingerprint density at radius 2 is 1.50 bits per heavy atom. The van der Waals surface area contributed by atoms with Gasteiger partial charge in [-0.05, 0) is 36.4 Å². The Morgan fingerprint density at radius 3 is 2.08 bits per heavy atom. The van der Waals surface area contributed by atoms with Crippen molar-refractivity contribution < 1.29 is 22.8 Å². The van der Waals surface area contributed by atoms with Crippen LogP contribution < -0.4 is 15.5 Å². The molecule has 0 fully saturated rings. The molecule has 0 atom stereocenters. The number of halogens is 3. The van der Waals surface area contributed by atoms with E-state index in [0.29, 0.717) is 5.69 Å². The largest absolute Gasteiger partial charge is 0.418 e. The number of hydrogen-bond acceptors (Lipinski definition) is 3. The highest BCUT2D eigenvalue weighted by Crippen LogP contribution is 2.34. The molecule has 0 spiro atoms. The fourth-order valence-corrected chi connectivity index (χ4v) is 2.23. The van der Waals surface area contributed by atoms with Gasteiger partial charge in [-0.3, -0.25) is 9.59 Å². The van der Waals surface area contributed by atoms with Crippen LogP contribution in [-0.2, 0) is 15.8 Å². The Hall–Kier alpha value is -3.03. The Kier molecular flexibility index (Phi) is 5.86. The van der Waals surface area contributed by atoms with Crippen molar-refractivity contribution in [3.05, 3.63) is 54.1 Å². The van der Waals surface area contributed by atoms with E-state index in [1.807, 2.05) is 19.0 Å². The van der Waals surface area contributed by atoms with E-state index in [4.69, 9.17) is 0 Å². The van der Waals surface area contributed by atoms with E-state index >= 15 is 0 Å². The zero-order valence-electron chi connectivity index (χ0n) is 14.2. The van der Waals surface area contributed by atoms with E-state index in [0.717, 1.165) is 17.8 Å². The monoisotopic (exact) mass is 365 g/mol. The third kappa shape index (κ3) is 5.23. The molecule has 0 unspecified atom stereocenters. The normalized spacial score (nSPS) is 11.0. The molecule has 0 aliphatic rings. The van der Waals surface area contributed by atoms with Crippen molar-refractivity contribution in [2.24, 2.45) is 0 Å². The maximum atomic E-state index is 12.9. The van der Waals surface area contributed by atoms with Gasteiger partial charge in [0.2, 0.25) is 11.8 Å². The maximum absolute atomic E-state index is 12.9. The molecule has 26 heavy (non-hydrogen) atoms. The summed E-state index contributed by atoms with van der Waals surface area (Å²) >= 11 is 0. The van der Waals surface area contributed by atoms with Crippen molar-refractivity contribution in [1.82, 2.24) is 0 Å². The Balaban J connectivity index is 1.97. The third-order valence-electron chi connectivity index (χ3n) is 3.50. The van der Waals surface area contributed by atoms with Gasteiger partial charge in [-0.1, -0.05) is 12.1 Å². The number of carbonyl (C=O) groups excluding carboxylic acids is 2. The van der Waals surface area contributed by atoms with Crippen LogP contribution in [0.15, 0.2) is 48.5 Å². The maximum Gasteiger partial charge on any atom is 0.418 e. The lowest BCUT2D eigenvalue weighted by Crippen LogP contribution is -2.23. The summed E-state index contributed by atoms with van der Waals surface area (Å²) in [5.74, 6) is -1.45. The molecule has 0 heterocycles. The molecule has 0 saturated carbocycles. The quantitative estimate of drug-likeness (QED) is 0.794. The second-order valence-corrected chi connectivity index (χ2v) is 5.76. The van der Waals surface area contributed by atoms with Crippen LogP contribution in [0.25, 0.3) is 0 Å². The van der Waals surface area contributed by atoms with E-state index < -0.39 is 30.0 Å². The third-order valence-corrected chi connectivity index (χ3v) is 3.50. The van der Waals surface area contributed by atoms with Crippen LogP contribution >= 0.6 is 0 Å². The van der Waals surface area contributed by atoms with Gasteiger partial charge in [-0.2, -0.15) is 13.2 Å². The van der Waals surface area contributed by atoms with Gasteiger partial charge < -0.3 is 15.5 Å². The SMILES string of the molecule is CN(C)c1ccc(NC(=O)CC(=O)Nc2ccccc2C(F)(F)F)cc1. The van der Waals surface area contributed by atoms with Gasteiger partial charge in [0, 0.05) is 25.5 Å². The summed E-state index contributed by atoms with van der Waals surface area (Å²) in [6.07, 6.45) is -5.19. The Bertz CT molecular complexity index is 787. The van der Waals surface area contributed by atoms with Gasteiger partial charge >= 0.3 is 6.18 Å². The summed E-state index contributed by atoms with van der Waals surface area (Å²) in [7, 11) is 3.74.